The van der Waals surface area contributed by atoms with E-state index in [2.05, 4.69) is 74.1 Å². The first kappa shape index (κ1) is 27.7. The molecule has 1 nitrogen and oxygen atoms in total. The lowest BCUT2D eigenvalue weighted by Gasteiger charge is -2.72. The lowest BCUT2D eigenvalue weighted by atomic mass is 9.32. The van der Waals surface area contributed by atoms with Gasteiger partial charge in [-0.25, -0.2) is 0 Å². The number of phenolic OH excluding ortho intramolecular Hbond substituents is 1. The molecule has 0 radical (unpaired) electrons. The number of aromatic hydroxyl groups is 1. The number of rotatable bonds is 3. The molecule has 9 atom stereocenters. The maximum Gasteiger partial charge on any atom is 0.115 e. The van der Waals surface area contributed by atoms with E-state index in [9.17, 15) is 5.11 Å². The Morgan fingerprint density at radius 1 is 0.923 bits per heavy atom. The first-order valence-corrected chi connectivity index (χ1v) is 16.4. The molecular weight excluding hydrogens is 472 g/mol. The average molecular weight is 529 g/mol. The minimum absolute atomic E-state index is 0.133. The van der Waals surface area contributed by atoms with Crippen molar-refractivity contribution in [3.63, 3.8) is 0 Å². The van der Waals surface area contributed by atoms with Crippen molar-refractivity contribution in [2.24, 2.45) is 56.7 Å². The van der Waals surface area contributed by atoms with Crippen molar-refractivity contribution < 1.29 is 5.11 Å². The van der Waals surface area contributed by atoms with Crippen molar-refractivity contribution in [2.45, 2.75) is 120 Å². The molecule has 1 N–H and O–H groups in total. The van der Waals surface area contributed by atoms with E-state index < -0.39 is 0 Å². The molecule has 1 aromatic rings. The van der Waals surface area contributed by atoms with Gasteiger partial charge in [0.15, 0.2) is 0 Å². The van der Waals surface area contributed by atoms with Crippen LogP contribution in [0.3, 0.4) is 0 Å². The second kappa shape index (κ2) is 8.75. The lowest BCUT2D eigenvalue weighted by Crippen LogP contribution is -2.65. The molecule has 0 bridgehead atoms. The van der Waals surface area contributed by atoms with Crippen LogP contribution >= 0.6 is 0 Å². The molecule has 0 unspecified atom stereocenters. The number of benzene rings is 1. The Hall–Kier alpha value is -1.50. The fourth-order valence-corrected chi connectivity index (χ4v) is 12.9. The molecule has 0 saturated heterocycles. The summed E-state index contributed by atoms with van der Waals surface area (Å²) in [6.07, 6.45) is 16.5. The fraction of sp³-hybridized carbons (Fsp3) is 0.737. The molecular formula is C38H56O. The van der Waals surface area contributed by atoms with Gasteiger partial charge in [-0.1, -0.05) is 72.3 Å². The van der Waals surface area contributed by atoms with Crippen LogP contribution in [0.5, 0.6) is 5.75 Å². The Morgan fingerprint density at radius 3 is 2.33 bits per heavy atom. The van der Waals surface area contributed by atoms with Gasteiger partial charge in [-0.05, 0) is 157 Å². The highest BCUT2D eigenvalue weighted by Gasteiger charge is 2.70. The summed E-state index contributed by atoms with van der Waals surface area (Å²) in [7, 11) is 0. The molecule has 0 heterocycles. The van der Waals surface area contributed by atoms with Crippen LogP contribution in [0.15, 0.2) is 36.4 Å². The zero-order valence-corrected chi connectivity index (χ0v) is 26.4. The Labute approximate surface area is 239 Å². The van der Waals surface area contributed by atoms with Crippen molar-refractivity contribution in [1.29, 1.82) is 0 Å². The number of fused-ring (bicyclic) bond motifs is 7. The van der Waals surface area contributed by atoms with Gasteiger partial charge in [0.25, 0.3) is 0 Å². The molecule has 0 aliphatic heterocycles. The summed E-state index contributed by atoms with van der Waals surface area (Å²) in [6.45, 7) is 24.9. The molecule has 39 heavy (non-hydrogen) atoms. The summed E-state index contributed by atoms with van der Waals surface area (Å²) >= 11 is 0. The van der Waals surface area contributed by atoms with Crippen LogP contribution in [-0.4, -0.2) is 5.11 Å². The minimum Gasteiger partial charge on any atom is -0.508 e. The molecule has 1 aromatic carbocycles. The van der Waals surface area contributed by atoms with Crippen molar-refractivity contribution in [1.82, 2.24) is 0 Å². The van der Waals surface area contributed by atoms with E-state index in [1.54, 1.807) is 0 Å². The molecule has 0 aromatic heterocycles. The lowest BCUT2D eigenvalue weighted by molar-refractivity contribution is -0.225. The maximum atomic E-state index is 10.1. The topological polar surface area (TPSA) is 20.2 Å². The van der Waals surface area contributed by atoms with Crippen molar-refractivity contribution >= 4 is 5.57 Å². The van der Waals surface area contributed by atoms with E-state index in [0.717, 1.165) is 23.7 Å². The highest BCUT2D eigenvalue weighted by Crippen LogP contribution is 2.78. The highest BCUT2D eigenvalue weighted by molar-refractivity contribution is 5.74. The van der Waals surface area contributed by atoms with Crippen LogP contribution in [-0.2, 0) is 0 Å². The monoisotopic (exact) mass is 528 g/mol. The predicted octanol–water partition coefficient (Wildman–Crippen LogP) is 10.8. The second-order valence-corrected chi connectivity index (χ2v) is 16.4. The summed E-state index contributed by atoms with van der Waals surface area (Å²) < 4.78 is 0. The van der Waals surface area contributed by atoms with E-state index >= 15 is 0 Å². The molecule has 0 amide bonds. The van der Waals surface area contributed by atoms with E-state index in [1.807, 2.05) is 12.1 Å². The normalized spacial score (nSPS) is 46.4. The second-order valence-electron chi connectivity index (χ2n) is 16.4. The summed E-state index contributed by atoms with van der Waals surface area (Å²) in [5.41, 5.74) is 7.45. The van der Waals surface area contributed by atoms with Crippen LogP contribution in [0.2, 0.25) is 0 Å². The molecule has 0 spiro atoms. The fourth-order valence-electron chi connectivity index (χ4n) is 12.9. The first-order chi connectivity index (χ1) is 18.2. The van der Waals surface area contributed by atoms with Crippen LogP contribution in [0.1, 0.15) is 124 Å². The summed E-state index contributed by atoms with van der Waals surface area (Å²) in [4.78, 5) is 0. The summed E-state index contributed by atoms with van der Waals surface area (Å²) in [6, 6.07) is 6.00. The van der Waals surface area contributed by atoms with E-state index in [0.29, 0.717) is 33.3 Å². The average Bonchev–Trinajstić information content (AvgIpc) is 3.26. The third-order valence-electron chi connectivity index (χ3n) is 15.0. The number of allylic oxidation sites excluding steroid dienone is 3. The number of phenols is 1. The van der Waals surface area contributed by atoms with Crippen LogP contribution in [0, 0.1) is 63.6 Å². The zero-order valence-electron chi connectivity index (χ0n) is 26.4. The first-order valence-electron chi connectivity index (χ1n) is 16.4. The summed E-state index contributed by atoms with van der Waals surface area (Å²) in [5, 5.41) is 10.1. The predicted molar refractivity (Wildman–Crippen MR) is 165 cm³/mol. The van der Waals surface area contributed by atoms with Gasteiger partial charge in [-0.3, -0.25) is 0 Å². The van der Waals surface area contributed by atoms with Gasteiger partial charge in [-0.15, -0.1) is 0 Å². The van der Waals surface area contributed by atoms with E-state index in [4.69, 9.17) is 0 Å². The molecule has 5 aliphatic carbocycles. The Balaban J connectivity index is 1.39. The Kier molecular flexibility index (Phi) is 6.21. The summed E-state index contributed by atoms with van der Waals surface area (Å²) in [5.74, 6) is 4.33. The molecule has 6 rings (SSSR count). The van der Waals surface area contributed by atoms with Crippen molar-refractivity contribution in [3.05, 3.63) is 47.6 Å². The third kappa shape index (κ3) is 3.49. The van der Waals surface area contributed by atoms with Crippen LogP contribution < -0.4 is 0 Å². The van der Waals surface area contributed by atoms with Gasteiger partial charge in [0.05, 0.1) is 0 Å². The molecule has 4 fully saturated rings. The zero-order chi connectivity index (χ0) is 28.2. The van der Waals surface area contributed by atoms with Crippen molar-refractivity contribution in [3.8, 4) is 5.75 Å². The van der Waals surface area contributed by atoms with E-state index in [-0.39, 0.29) is 5.41 Å². The molecule has 1 heteroatoms. The third-order valence-corrected chi connectivity index (χ3v) is 15.0. The van der Waals surface area contributed by atoms with Gasteiger partial charge < -0.3 is 5.11 Å². The van der Waals surface area contributed by atoms with Gasteiger partial charge in [-0.2, -0.15) is 0 Å². The van der Waals surface area contributed by atoms with Gasteiger partial charge in [0.1, 0.15) is 5.75 Å². The van der Waals surface area contributed by atoms with Crippen LogP contribution in [0.4, 0.5) is 0 Å². The standard InChI is InChI=1S/C38H56O/c1-10-38-20-15-27(24(2)3)33(38)30-13-14-32-35(7)18-16-29(28-12-11-26(39)23-25(28)4)34(5,6)31(35)17-19-37(32,9)36(30,8)21-22-38/h11-12,16,23,27,30-33,39H,2,10,13-15,17-22H2,1,3-9H3/t27-,30+,31-,32+,33+,35-,36+,37+,38+/m0/s1. The molecule has 4 saturated carbocycles. The Bertz CT molecular complexity index is 1200. The SMILES string of the molecule is C=C(C)[C@@H]1CC[C@]2(CC)CC[C@]3(C)[C@H](CC[C@@H]4[C@@]5(C)CC=C(c6ccc(O)cc6C)C(C)(C)[C@@H]5CC[C@]43C)[C@@H]12. The number of hydrogen-bond acceptors (Lipinski definition) is 1. The van der Waals surface area contributed by atoms with E-state index in [1.165, 1.54) is 86.5 Å². The quantitative estimate of drug-likeness (QED) is 0.387. The molecule has 214 valence electrons. The van der Waals surface area contributed by atoms with Gasteiger partial charge in [0.2, 0.25) is 0 Å². The largest absolute Gasteiger partial charge is 0.508 e. The smallest absolute Gasteiger partial charge is 0.115 e. The number of hydrogen-bond donors (Lipinski definition) is 1. The van der Waals surface area contributed by atoms with Gasteiger partial charge >= 0.3 is 0 Å². The van der Waals surface area contributed by atoms with Crippen molar-refractivity contribution in [2.75, 3.05) is 0 Å². The molecule has 5 aliphatic rings. The van der Waals surface area contributed by atoms with Gasteiger partial charge in [0, 0.05) is 0 Å². The highest BCUT2D eigenvalue weighted by atomic mass is 16.3. The number of aryl methyl sites for hydroxylation is 1. The van der Waals surface area contributed by atoms with Crippen LogP contribution in [0.25, 0.3) is 5.57 Å². The maximum absolute atomic E-state index is 10.1. The minimum atomic E-state index is 0.133. The Morgan fingerprint density at radius 2 is 1.67 bits per heavy atom.